The standard InChI is InChI=1S/C24H19FN4O3S2/c1-14-10-16(15(2)29(14)19-6-4-18(25)5-7-19)11-17(13-26)23(30)28-24-27-21-9-8-20(34(3,31)32)12-22(21)33-24/h4-12H,1-3H3,(H,27,28,30)/b17-11+. The van der Waals surface area contributed by atoms with Crippen LogP contribution >= 0.6 is 11.3 Å². The Bertz CT molecular complexity index is 1610. The van der Waals surface area contributed by atoms with Gasteiger partial charge in [-0.15, -0.1) is 0 Å². The SMILES string of the molecule is Cc1cc(/C=C(\C#N)C(=O)Nc2nc3ccc(S(C)(=O)=O)cc3s2)c(C)n1-c1ccc(F)cc1. The Balaban J connectivity index is 1.62. The Morgan fingerprint density at radius 2 is 1.88 bits per heavy atom. The highest BCUT2D eigenvalue weighted by Gasteiger charge is 2.16. The first kappa shape index (κ1) is 23.4. The normalized spacial score (nSPS) is 12.0. The van der Waals surface area contributed by atoms with Crippen molar-refractivity contribution in [2.24, 2.45) is 0 Å². The first-order chi connectivity index (χ1) is 16.1. The van der Waals surface area contributed by atoms with Crippen LogP contribution in [0.5, 0.6) is 0 Å². The molecule has 0 atom stereocenters. The van der Waals surface area contributed by atoms with E-state index in [2.05, 4.69) is 10.3 Å². The summed E-state index contributed by atoms with van der Waals surface area (Å²) in [6, 6.07) is 14.4. The fourth-order valence-electron chi connectivity index (χ4n) is 3.58. The largest absolute Gasteiger partial charge is 0.318 e. The van der Waals surface area contributed by atoms with Gasteiger partial charge in [-0.1, -0.05) is 11.3 Å². The van der Waals surface area contributed by atoms with Crippen molar-refractivity contribution in [2.45, 2.75) is 18.7 Å². The van der Waals surface area contributed by atoms with Gasteiger partial charge in [0.15, 0.2) is 15.0 Å². The van der Waals surface area contributed by atoms with Crippen LogP contribution in [0, 0.1) is 31.0 Å². The summed E-state index contributed by atoms with van der Waals surface area (Å²) in [4.78, 5) is 17.2. The number of halogens is 1. The number of carbonyl (C=O) groups excluding carboxylic acids is 1. The van der Waals surface area contributed by atoms with E-state index >= 15 is 0 Å². The van der Waals surface area contributed by atoms with E-state index in [0.29, 0.717) is 15.8 Å². The number of carbonyl (C=O) groups is 1. The van der Waals surface area contributed by atoms with E-state index in [1.165, 1.54) is 30.3 Å². The fourth-order valence-corrected chi connectivity index (χ4v) is 5.20. The number of aromatic nitrogens is 2. The minimum Gasteiger partial charge on any atom is -0.318 e. The number of rotatable bonds is 5. The molecular formula is C24H19FN4O3S2. The van der Waals surface area contributed by atoms with Crippen molar-refractivity contribution < 1.29 is 17.6 Å². The number of fused-ring (bicyclic) bond motifs is 1. The summed E-state index contributed by atoms with van der Waals surface area (Å²) in [5.41, 5.74) is 3.52. The van der Waals surface area contributed by atoms with Gasteiger partial charge in [-0.05, 0) is 74.0 Å². The Hall–Kier alpha value is -3.81. The lowest BCUT2D eigenvalue weighted by molar-refractivity contribution is -0.112. The van der Waals surface area contributed by atoms with Crippen LogP contribution in [0.2, 0.25) is 0 Å². The van der Waals surface area contributed by atoms with Gasteiger partial charge in [0.05, 0.1) is 15.1 Å². The van der Waals surface area contributed by atoms with E-state index in [1.807, 2.05) is 30.6 Å². The maximum Gasteiger partial charge on any atom is 0.268 e. The topological polar surface area (TPSA) is 105 Å². The van der Waals surface area contributed by atoms with Crippen molar-refractivity contribution in [1.82, 2.24) is 9.55 Å². The second-order valence-corrected chi connectivity index (χ2v) is 10.7. The minimum atomic E-state index is -3.37. The average molecular weight is 495 g/mol. The molecule has 0 radical (unpaired) electrons. The number of nitrogens with one attached hydrogen (secondary N) is 1. The van der Waals surface area contributed by atoms with Gasteiger partial charge in [-0.2, -0.15) is 5.26 Å². The molecule has 0 unspecified atom stereocenters. The van der Waals surface area contributed by atoms with Crippen molar-refractivity contribution in [1.29, 1.82) is 5.26 Å². The smallest absolute Gasteiger partial charge is 0.268 e. The summed E-state index contributed by atoms with van der Waals surface area (Å²) in [7, 11) is -3.37. The van der Waals surface area contributed by atoms with E-state index in [0.717, 1.165) is 34.7 Å². The zero-order valence-corrected chi connectivity index (χ0v) is 20.1. The maximum atomic E-state index is 13.3. The number of nitrogens with zero attached hydrogens (tertiary/aromatic N) is 3. The number of anilines is 1. The molecule has 4 aromatic rings. The molecule has 7 nitrogen and oxygen atoms in total. The van der Waals surface area contributed by atoms with Crippen molar-refractivity contribution in [2.75, 3.05) is 11.6 Å². The Morgan fingerprint density at radius 1 is 1.18 bits per heavy atom. The van der Waals surface area contributed by atoms with Crippen molar-refractivity contribution in [3.63, 3.8) is 0 Å². The third-order valence-corrected chi connectivity index (χ3v) is 7.27. The van der Waals surface area contributed by atoms with Gasteiger partial charge in [-0.3, -0.25) is 10.1 Å². The number of hydrogen-bond acceptors (Lipinski definition) is 6. The summed E-state index contributed by atoms with van der Waals surface area (Å²) >= 11 is 1.12. The van der Waals surface area contributed by atoms with Gasteiger partial charge in [-0.25, -0.2) is 17.8 Å². The predicted octanol–water partition coefficient (Wildman–Crippen LogP) is 4.79. The van der Waals surface area contributed by atoms with Crippen LogP contribution in [0.4, 0.5) is 9.52 Å². The van der Waals surface area contributed by atoms with Crippen LogP contribution < -0.4 is 5.32 Å². The van der Waals surface area contributed by atoms with E-state index in [1.54, 1.807) is 18.2 Å². The number of thiazole rings is 1. The lowest BCUT2D eigenvalue weighted by Crippen LogP contribution is -2.13. The van der Waals surface area contributed by atoms with Gasteiger partial charge >= 0.3 is 0 Å². The average Bonchev–Trinajstić information content (AvgIpc) is 3.30. The highest BCUT2D eigenvalue weighted by molar-refractivity contribution is 7.90. The maximum absolute atomic E-state index is 13.3. The lowest BCUT2D eigenvalue weighted by Gasteiger charge is -2.09. The molecule has 0 aliphatic heterocycles. The highest BCUT2D eigenvalue weighted by Crippen LogP contribution is 2.29. The molecule has 0 spiro atoms. The first-order valence-corrected chi connectivity index (χ1v) is 12.8. The third-order valence-electron chi connectivity index (χ3n) is 5.23. The van der Waals surface area contributed by atoms with Gasteiger partial charge in [0.25, 0.3) is 5.91 Å². The lowest BCUT2D eigenvalue weighted by atomic mass is 10.1. The van der Waals surface area contributed by atoms with E-state index in [4.69, 9.17) is 0 Å². The van der Waals surface area contributed by atoms with Gasteiger partial charge in [0.2, 0.25) is 0 Å². The number of aryl methyl sites for hydroxylation is 1. The number of amides is 1. The molecule has 1 amide bonds. The molecule has 10 heteroatoms. The molecule has 0 aliphatic carbocycles. The number of benzene rings is 2. The second-order valence-electron chi connectivity index (χ2n) is 7.68. The van der Waals surface area contributed by atoms with Crippen molar-refractivity contribution in [3.05, 3.63) is 76.9 Å². The molecular weight excluding hydrogens is 475 g/mol. The van der Waals surface area contributed by atoms with Crippen LogP contribution in [0.3, 0.4) is 0 Å². The molecule has 1 N–H and O–H groups in total. The van der Waals surface area contributed by atoms with E-state index in [9.17, 15) is 22.9 Å². The fraction of sp³-hybridized carbons (Fsp3) is 0.125. The van der Waals surface area contributed by atoms with E-state index in [-0.39, 0.29) is 21.4 Å². The van der Waals surface area contributed by atoms with Crippen LogP contribution in [-0.4, -0.2) is 30.1 Å². The predicted molar refractivity (Wildman–Crippen MR) is 130 cm³/mol. The molecule has 34 heavy (non-hydrogen) atoms. The van der Waals surface area contributed by atoms with Crippen molar-refractivity contribution >= 4 is 48.5 Å². The molecule has 2 heterocycles. The van der Waals surface area contributed by atoms with E-state index < -0.39 is 15.7 Å². The quantitative estimate of drug-likeness (QED) is 0.317. The number of hydrogen-bond donors (Lipinski definition) is 1. The molecule has 0 saturated heterocycles. The summed E-state index contributed by atoms with van der Waals surface area (Å²) in [5.74, 6) is -0.964. The molecule has 4 rings (SSSR count). The Kier molecular flexibility index (Phi) is 6.08. The zero-order chi connectivity index (χ0) is 24.6. The minimum absolute atomic E-state index is 0.115. The van der Waals surface area contributed by atoms with Gasteiger partial charge in [0, 0.05) is 23.3 Å². The first-order valence-electron chi connectivity index (χ1n) is 10.1. The van der Waals surface area contributed by atoms with Crippen LogP contribution in [-0.2, 0) is 14.6 Å². The summed E-state index contributed by atoms with van der Waals surface area (Å²) in [5, 5.41) is 12.5. The summed E-state index contributed by atoms with van der Waals surface area (Å²) in [6.07, 6.45) is 2.61. The van der Waals surface area contributed by atoms with Crippen LogP contribution in [0.25, 0.3) is 22.0 Å². The van der Waals surface area contributed by atoms with Crippen LogP contribution in [0.1, 0.15) is 17.0 Å². The number of nitriles is 1. The summed E-state index contributed by atoms with van der Waals surface area (Å²) in [6.45, 7) is 3.73. The van der Waals surface area contributed by atoms with Gasteiger partial charge < -0.3 is 4.57 Å². The monoisotopic (exact) mass is 494 g/mol. The second kappa shape index (κ2) is 8.85. The van der Waals surface area contributed by atoms with Gasteiger partial charge in [0.1, 0.15) is 17.5 Å². The molecule has 2 aromatic carbocycles. The zero-order valence-electron chi connectivity index (χ0n) is 18.5. The molecule has 0 bridgehead atoms. The molecule has 0 aliphatic rings. The number of sulfone groups is 1. The molecule has 172 valence electrons. The summed E-state index contributed by atoms with van der Waals surface area (Å²) < 4.78 is 39.4. The molecule has 2 aromatic heterocycles. The molecule has 0 fully saturated rings. The van der Waals surface area contributed by atoms with Crippen molar-refractivity contribution in [3.8, 4) is 11.8 Å². The molecule has 0 saturated carbocycles. The Labute approximate surface area is 199 Å². The highest BCUT2D eigenvalue weighted by atomic mass is 32.2. The Morgan fingerprint density at radius 3 is 2.53 bits per heavy atom. The third kappa shape index (κ3) is 4.62. The van der Waals surface area contributed by atoms with Crippen LogP contribution in [0.15, 0.2) is 59.0 Å².